The van der Waals surface area contributed by atoms with E-state index in [9.17, 15) is 4.39 Å². The van der Waals surface area contributed by atoms with Crippen LogP contribution in [0.1, 0.15) is 20.3 Å². The van der Waals surface area contributed by atoms with E-state index >= 15 is 0 Å². The molecule has 0 unspecified atom stereocenters. The molecular weight excluding hydrogens is 197 g/mol. The van der Waals surface area contributed by atoms with E-state index in [-0.39, 0.29) is 6.01 Å². The van der Waals surface area contributed by atoms with Crippen LogP contribution in [0.5, 0.6) is 6.01 Å². The highest BCUT2D eigenvalue weighted by molar-refractivity contribution is 4.95. The third-order valence-electron chi connectivity index (χ3n) is 1.70. The van der Waals surface area contributed by atoms with Gasteiger partial charge in [0.2, 0.25) is 0 Å². The van der Waals surface area contributed by atoms with Gasteiger partial charge in [-0.05, 0) is 13.0 Å². The van der Waals surface area contributed by atoms with Crippen molar-refractivity contribution in [3.63, 3.8) is 0 Å². The minimum atomic E-state index is -0.455. The first-order valence-corrected chi connectivity index (χ1v) is 5.02. The Labute approximate surface area is 88.9 Å². The molecule has 0 aliphatic rings. The summed E-state index contributed by atoms with van der Waals surface area (Å²) in [6.07, 6.45) is 3.06. The summed E-state index contributed by atoms with van der Waals surface area (Å²) in [5.41, 5.74) is 0. The van der Waals surface area contributed by atoms with Gasteiger partial charge in [-0.3, -0.25) is 0 Å². The molecule has 0 atom stereocenters. The number of hydrogen-bond donors (Lipinski definition) is 1. The third-order valence-corrected chi connectivity index (χ3v) is 1.70. The lowest BCUT2D eigenvalue weighted by Gasteiger charge is -2.07. The number of nitrogens with zero attached hydrogens (tertiary/aromatic N) is 2. The van der Waals surface area contributed by atoms with Crippen LogP contribution in [0.25, 0.3) is 0 Å². The standard InChI is InChI=1S/C10H16FN3O/c1-8(2)12-4-3-5-15-10-13-6-9(11)7-14-10/h6-8,12H,3-5H2,1-2H3. The molecule has 1 N–H and O–H groups in total. The first-order valence-electron chi connectivity index (χ1n) is 5.02. The minimum absolute atomic E-state index is 0.223. The van der Waals surface area contributed by atoms with E-state index in [0.29, 0.717) is 12.6 Å². The van der Waals surface area contributed by atoms with Crippen molar-refractivity contribution >= 4 is 0 Å². The van der Waals surface area contributed by atoms with Gasteiger partial charge in [0.15, 0.2) is 5.82 Å². The summed E-state index contributed by atoms with van der Waals surface area (Å²) in [6, 6.07) is 0.702. The number of rotatable bonds is 6. The Kier molecular flexibility index (Phi) is 4.97. The van der Waals surface area contributed by atoms with E-state index in [2.05, 4.69) is 29.1 Å². The molecule has 15 heavy (non-hydrogen) atoms. The van der Waals surface area contributed by atoms with Crippen molar-refractivity contribution in [2.75, 3.05) is 13.2 Å². The van der Waals surface area contributed by atoms with E-state index in [1.165, 1.54) is 0 Å². The van der Waals surface area contributed by atoms with Crippen LogP contribution in [0.4, 0.5) is 4.39 Å². The predicted molar refractivity (Wildman–Crippen MR) is 55.2 cm³/mol. The normalized spacial score (nSPS) is 10.7. The average molecular weight is 213 g/mol. The summed E-state index contributed by atoms with van der Waals surface area (Å²) in [4.78, 5) is 7.36. The van der Waals surface area contributed by atoms with Crippen molar-refractivity contribution in [1.29, 1.82) is 0 Å². The zero-order valence-corrected chi connectivity index (χ0v) is 9.03. The second-order valence-corrected chi connectivity index (χ2v) is 3.49. The monoisotopic (exact) mass is 213 g/mol. The van der Waals surface area contributed by atoms with Gasteiger partial charge in [-0.2, -0.15) is 0 Å². The van der Waals surface area contributed by atoms with Gasteiger partial charge in [0, 0.05) is 6.04 Å². The fraction of sp³-hybridized carbons (Fsp3) is 0.600. The number of halogens is 1. The molecular formula is C10H16FN3O. The first kappa shape index (κ1) is 11.8. The van der Waals surface area contributed by atoms with Crippen LogP contribution in [0.15, 0.2) is 12.4 Å². The molecule has 0 amide bonds. The molecule has 0 aliphatic carbocycles. The van der Waals surface area contributed by atoms with Crippen molar-refractivity contribution in [3.05, 3.63) is 18.2 Å². The van der Waals surface area contributed by atoms with Crippen LogP contribution in [0, 0.1) is 5.82 Å². The van der Waals surface area contributed by atoms with E-state index in [1.807, 2.05) is 0 Å². The molecule has 0 spiro atoms. The Balaban J connectivity index is 2.12. The molecule has 84 valence electrons. The Morgan fingerprint density at radius 1 is 1.40 bits per heavy atom. The highest BCUT2D eigenvalue weighted by Crippen LogP contribution is 2.00. The maximum absolute atomic E-state index is 12.4. The molecule has 1 heterocycles. The van der Waals surface area contributed by atoms with Gasteiger partial charge in [0.25, 0.3) is 0 Å². The van der Waals surface area contributed by atoms with Crippen molar-refractivity contribution in [2.45, 2.75) is 26.3 Å². The lowest BCUT2D eigenvalue weighted by atomic mass is 10.3. The van der Waals surface area contributed by atoms with Gasteiger partial charge < -0.3 is 10.1 Å². The molecule has 0 saturated heterocycles. The van der Waals surface area contributed by atoms with E-state index in [1.54, 1.807) is 0 Å². The van der Waals surface area contributed by atoms with Gasteiger partial charge in [-0.25, -0.2) is 14.4 Å². The van der Waals surface area contributed by atoms with Gasteiger partial charge in [-0.15, -0.1) is 0 Å². The summed E-state index contributed by atoms with van der Waals surface area (Å²) < 4.78 is 17.6. The first-order chi connectivity index (χ1) is 7.18. The smallest absolute Gasteiger partial charge is 0.316 e. The maximum Gasteiger partial charge on any atom is 0.316 e. The van der Waals surface area contributed by atoms with E-state index in [0.717, 1.165) is 25.4 Å². The summed E-state index contributed by atoms with van der Waals surface area (Å²) in [6.45, 7) is 5.60. The average Bonchev–Trinajstić information content (AvgIpc) is 2.20. The summed E-state index contributed by atoms with van der Waals surface area (Å²) in [5.74, 6) is -0.455. The van der Waals surface area contributed by atoms with E-state index < -0.39 is 5.82 Å². The van der Waals surface area contributed by atoms with Crippen molar-refractivity contribution in [2.24, 2.45) is 0 Å². The molecule has 0 aliphatic heterocycles. The van der Waals surface area contributed by atoms with Crippen molar-refractivity contribution < 1.29 is 9.13 Å². The fourth-order valence-electron chi connectivity index (χ4n) is 1.00. The zero-order valence-electron chi connectivity index (χ0n) is 9.03. The Hall–Kier alpha value is -1.23. The SMILES string of the molecule is CC(C)NCCCOc1ncc(F)cn1. The molecule has 0 fully saturated rings. The summed E-state index contributed by atoms with van der Waals surface area (Å²) in [7, 11) is 0. The molecule has 0 bridgehead atoms. The van der Waals surface area contributed by atoms with Crippen LogP contribution in [0.2, 0.25) is 0 Å². The Bertz CT molecular complexity index is 277. The molecule has 1 aromatic heterocycles. The largest absolute Gasteiger partial charge is 0.463 e. The maximum atomic E-state index is 12.4. The highest BCUT2D eigenvalue weighted by atomic mass is 19.1. The molecule has 5 heteroatoms. The lowest BCUT2D eigenvalue weighted by molar-refractivity contribution is 0.281. The second kappa shape index (κ2) is 6.29. The molecule has 0 radical (unpaired) electrons. The molecule has 0 saturated carbocycles. The predicted octanol–water partition coefficient (Wildman–Crippen LogP) is 1.38. The number of ether oxygens (including phenoxy) is 1. The van der Waals surface area contributed by atoms with Crippen LogP contribution in [-0.4, -0.2) is 29.2 Å². The molecule has 1 rings (SSSR count). The quantitative estimate of drug-likeness (QED) is 0.725. The zero-order chi connectivity index (χ0) is 11.1. The van der Waals surface area contributed by atoms with Crippen LogP contribution < -0.4 is 10.1 Å². The summed E-state index contributed by atoms with van der Waals surface area (Å²) in [5, 5.41) is 3.26. The highest BCUT2D eigenvalue weighted by Gasteiger charge is 1.97. The van der Waals surface area contributed by atoms with Gasteiger partial charge in [0.1, 0.15) is 0 Å². The Morgan fingerprint density at radius 3 is 2.67 bits per heavy atom. The van der Waals surface area contributed by atoms with Crippen LogP contribution in [-0.2, 0) is 0 Å². The Morgan fingerprint density at radius 2 is 2.07 bits per heavy atom. The second-order valence-electron chi connectivity index (χ2n) is 3.49. The van der Waals surface area contributed by atoms with Crippen LogP contribution >= 0.6 is 0 Å². The van der Waals surface area contributed by atoms with Gasteiger partial charge in [0.05, 0.1) is 19.0 Å². The van der Waals surface area contributed by atoms with Crippen LogP contribution in [0.3, 0.4) is 0 Å². The van der Waals surface area contributed by atoms with Crippen molar-refractivity contribution in [3.8, 4) is 6.01 Å². The topological polar surface area (TPSA) is 47.0 Å². The van der Waals surface area contributed by atoms with Gasteiger partial charge >= 0.3 is 6.01 Å². The van der Waals surface area contributed by atoms with Crippen molar-refractivity contribution in [1.82, 2.24) is 15.3 Å². The molecule has 4 nitrogen and oxygen atoms in total. The fourth-order valence-corrected chi connectivity index (χ4v) is 1.00. The number of hydrogen-bond acceptors (Lipinski definition) is 4. The molecule has 1 aromatic rings. The number of aromatic nitrogens is 2. The third kappa shape index (κ3) is 5.27. The lowest BCUT2D eigenvalue weighted by Crippen LogP contribution is -2.24. The number of nitrogens with one attached hydrogen (secondary N) is 1. The minimum Gasteiger partial charge on any atom is -0.463 e. The van der Waals surface area contributed by atoms with E-state index in [4.69, 9.17) is 4.74 Å². The van der Waals surface area contributed by atoms with Gasteiger partial charge in [-0.1, -0.05) is 13.8 Å². The molecule has 0 aromatic carbocycles. The summed E-state index contributed by atoms with van der Waals surface area (Å²) >= 11 is 0.